The average Bonchev–Trinajstić information content (AvgIpc) is 2.80. The lowest BCUT2D eigenvalue weighted by atomic mass is 9.68. The van der Waals surface area contributed by atoms with Crippen LogP contribution in [0, 0.1) is 28.6 Å². The van der Waals surface area contributed by atoms with E-state index in [-0.39, 0.29) is 5.41 Å². The van der Waals surface area contributed by atoms with Crippen LogP contribution >= 0.6 is 0 Å². The molecule has 30 heavy (non-hydrogen) atoms. The number of unbranched alkanes of at least 4 members (excludes halogenated alkanes) is 2. The third-order valence-electron chi connectivity index (χ3n) is 8.38. The normalized spacial score (nSPS) is 29.4. The Balaban J connectivity index is 1.39. The summed E-state index contributed by atoms with van der Waals surface area (Å²) in [6.07, 6.45) is 21.0. The second-order valence-corrected chi connectivity index (χ2v) is 10.6. The molecule has 166 valence electrons. The number of hydrogen-bond acceptors (Lipinski definition) is 1. The number of nitriles is 1. The van der Waals surface area contributed by atoms with Gasteiger partial charge in [0.25, 0.3) is 0 Å². The molecule has 2 fully saturated rings. The summed E-state index contributed by atoms with van der Waals surface area (Å²) < 4.78 is 0. The minimum atomic E-state index is -0.0276. The van der Waals surface area contributed by atoms with Crippen LogP contribution in [0.2, 0.25) is 0 Å². The van der Waals surface area contributed by atoms with E-state index in [0.717, 1.165) is 37.5 Å². The summed E-state index contributed by atoms with van der Waals surface area (Å²) in [5.74, 6) is 2.66. The molecule has 0 saturated heterocycles. The lowest BCUT2D eigenvalue weighted by Crippen LogP contribution is -2.25. The molecule has 1 aromatic rings. The molecular weight excluding hydrogens is 362 g/mol. The van der Waals surface area contributed by atoms with Crippen molar-refractivity contribution >= 4 is 0 Å². The van der Waals surface area contributed by atoms with E-state index in [0.29, 0.717) is 5.92 Å². The summed E-state index contributed by atoms with van der Waals surface area (Å²) in [5, 5.41) is 9.65. The van der Waals surface area contributed by atoms with Gasteiger partial charge in [0.2, 0.25) is 0 Å². The van der Waals surface area contributed by atoms with Crippen LogP contribution < -0.4 is 0 Å². The molecular formula is C29H45N. The van der Waals surface area contributed by atoms with Gasteiger partial charge in [-0.1, -0.05) is 95.9 Å². The molecule has 0 N–H and O–H groups in total. The maximum absolute atomic E-state index is 9.65. The van der Waals surface area contributed by atoms with E-state index in [9.17, 15) is 5.26 Å². The van der Waals surface area contributed by atoms with Crippen LogP contribution in [0.15, 0.2) is 24.3 Å². The first kappa shape index (κ1) is 23.4. The van der Waals surface area contributed by atoms with Crippen molar-refractivity contribution in [3.8, 4) is 6.07 Å². The molecule has 2 aliphatic rings. The topological polar surface area (TPSA) is 23.8 Å². The van der Waals surface area contributed by atoms with E-state index >= 15 is 0 Å². The fourth-order valence-corrected chi connectivity index (χ4v) is 6.22. The molecule has 2 aliphatic carbocycles. The number of nitrogens with zero attached hydrogens (tertiary/aromatic N) is 1. The Morgan fingerprint density at radius 3 is 2.03 bits per heavy atom. The number of rotatable bonds is 10. The molecule has 0 aliphatic heterocycles. The Hall–Kier alpha value is -1.29. The summed E-state index contributed by atoms with van der Waals surface area (Å²) in [4.78, 5) is 0. The highest BCUT2D eigenvalue weighted by Gasteiger charge is 2.35. The second-order valence-electron chi connectivity index (χ2n) is 10.6. The van der Waals surface area contributed by atoms with E-state index in [2.05, 4.69) is 44.2 Å². The van der Waals surface area contributed by atoms with E-state index in [1.165, 1.54) is 88.2 Å². The van der Waals surface area contributed by atoms with Crippen LogP contribution in [-0.2, 0) is 6.42 Å². The molecule has 3 rings (SSSR count). The second kappa shape index (κ2) is 11.9. The molecule has 0 bridgehead atoms. The Kier molecular flexibility index (Phi) is 9.29. The fourth-order valence-electron chi connectivity index (χ4n) is 6.22. The van der Waals surface area contributed by atoms with Gasteiger partial charge >= 0.3 is 0 Å². The highest BCUT2D eigenvalue weighted by molar-refractivity contribution is 5.26. The van der Waals surface area contributed by atoms with Crippen LogP contribution in [0.3, 0.4) is 0 Å². The zero-order valence-electron chi connectivity index (χ0n) is 19.8. The average molecular weight is 408 g/mol. The van der Waals surface area contributed by atoms with Crippen LogP contribution in [0.25, 0.3) is 0 Å². The van der Waals surface area contributed by atoms with Crippen molar-refractivity contribution in [3.05, 3.63) is 35.4 Å². The third kappa shape index (κ3) is 6.60. The van der Waals surface area contributed by atoms with Gasteiger partial charge < -0.3 is 0 Å². The Morgan fingerprint density at radius 2 is 1.47 bits per heavy atom. The van der Waals surface area contributed by atoms with Crippen molar-refractivity contribution in [3.63, 3.8) is 0 Å². The molecule has 1 nitrogen and oxygen atoms in total. The summed E-state index contributed by atoms with van der Waals surface area (Å²) >= 11 is 0. The van der Waals surface area contributed by atoms with Gasteiger partial charge in [0.1, 0.15) is 0 Å². The van der Waals surface area contributed by atoms with E-state index in [1.807, 2.05) is 0 Å². The van der Waals surface area contributed by atoms with Crippen LogP contribution in [0.1, 0.15) is 127 Å². The highest BCUT2D eigenvalue weighted by atomic mass is 14.4. The van der Waals surface area contributed by atoms with Crippen molar-refractivity contribution in [2.24, 2.45) is 17.3 Å². The van der Waals surface area contributed by atoms with Gasteiger partial charge in [0.15, 0.2) is 0 Å². The lowest BCUT2D eigenvalue weighted by molar-refractivity contribution is 0.228. The summed E-state index contributed by atoms with van der Waals surface area (Å²) in [7, 11) is 0. The lowest BCUT2D eigenvalue weighted by Gasteiger charge is -2.35. The zero-order valence-corrected chi connectivity index (χ0v) is 19.8. The van der Waals surface area contributed by atoms with E-state index in [4.69, 9.17) is 0 Å². The molecule has 0 radical (unpaired) electrons. The minimum absolute atomic E-state index is 0.0276. The van der Waals surface area contributed by atoms with Gasteiger partial charge in [-0.25, -0.2) is 0 Å². The largest absolute Gasteiger partial charge is 0.198 e. The van der Waals surface area contributed by atoms with Crippen LogP contribution in [-0.4, -0.2) is 0 Å². The van der Waals surface area contributed by atoms with Gasteiger partial charge in [0, 0.05) is 0 Å². The molecule has 0 amide bonds. The third-order valence-corrected chi connectivity index (χ3v) is 8.38. The smallest absolute Gasteiger partial charge is 0.0689 e. The highest BCUT2D eigenvalue weighted by Crippen LogP contribution is 2.45. The quantitative estimate of drug-likeness (QED) is 0.355. The molecule has 0 spiro atoms. The summed E-state index contributed by atoms with van der Waals surface area (Å²) in [6, 6.07) is 12.2. The minimum Gasteiger partial charge on any atom is -0.198 e. The maximum Gasteiger partial charge on any atom is 0.0689 e. The predicted molar refractivity (Wildman–Crippen MR) is 129 cm³/mol. The predicted octanol–water partition coefficient (Wildman–Crippen LogP) is 8.97. The Bertz CT molecular complexity index is 636. The number of aryl methyl sites for hydroxylation is 1. The van der Waals surface area contributed by atoms with Gasteiger partial charge in [0.05, 0.1) is 11.5 Å². The van der Waals surface area contributed by atoms with Gasteiger partial charge in [-0.05, 0) is 73.8 Å². The SMILES string of the molecule is CCCCC[C@H]1CC[C@H](CCc2ccc(C3CCC(C#N)(CCC)CC3)cc2)CC1. The zero-order chi connectivity index (χ0) is 21.2. The van der Waals surface area contributed by atoms with Gasteiger partial charge in [-0.15, -0.1) is 0 Å². The van der Waals surface area contributed by atoms with Gasteiger partial charge in [-0.3, -0.25) is 0 Å². The standard InChI is InChI=1S/C29H45N/c1-3-5-6-7-24-8-10-25(11-9-24)12-13-26-14-16-27(17-15-26)28-18-21-29(23-30,20-4-2)22-19-28/h14-17,24-25,28H,3-13,18-22H2,1-2H3/t24-,25-,28?,29?. The molecule has 1 heteroatoms. The van der Waals surface area contributed by atoms with Gasteiger partial charge in [-0.2, -0.15) is 5.26 Å². The molecule has 0 atom stereocenters. The van der Waals surface area contributed by atoms with Crippen molar-refractivity contribution in [1.29, 1.82) is 5.26 Å². The first-order chi connectivity index (χ1) is 14.7. The van der Waals surface area contributed by atoms with Crippen molar-refractivity contribution in [2.45, 2.75) is 122 Å². The van der Waals surface area contributed by atoms with Crippen LogP contribution in [0.5, 0.6) is 0 Å². The Morgan fingerprint density at radius 1 is 0.833 bits per heavy atom. The summed E-state index contributed by atoms with van der Waals surface area (Å²) in [5.41, 5.74) is 3.01. The first-order valence-corrected chi connectivity index (χ1v) is 13.2. The van der Waals surface area contributed by atoms with E-state index in [1.54, 1.807) is 0 Å². The van der Waals surface area contributed by atoms with Crippen molar-refractivity contribution < 1.29 is 0 Å². The molecule has 0 unspecified atom stereocenters. The monoisotopic (exact) mass is 407 g/mol. The molecule has 1 aromatic carbocycles. The summed E-state index contributed by atoms with van der Waals surface area (Å²) in [6.45, 7) is 4.52. The van der Waals surface area contributed by atoms with Crippen LogP contribution in [0.4, 0.5) is 0 Å². The van der Waals surface area contributed by atoms with Crippen molar-refractivity contribution in [1.82, 2.24) is 0 Å². The van der Waals surface area contributed by atoms with E-state index < -0.39 is 0 Å². The maximum atomic E-state index is 9.65. The first-order valence-electron chi connectivity index (χ1n) is 13.2. The molecule has 2 saturated carbocycles. The van der Waals surface area contributed by atoms with Crippen molar-refractivity contribution in [2.75, 3.05) is 0 Å². The number of hydrogen-bond donors (Lipinski definition) is 0. The number of benzene rings is 1. The molecule has 0 heterocycles. The molecule has 0 aromatic heterocycles. The fraction of sp³-hybridized carbons (Fsp3) is 0.759. The Labute approximate surface area is 186 Å².